The van der Waals surface area contributed by atoms with Gasteiger partial charge in [-0.2, -0.15) is 17.0 Å². The highest BCUT2D eigenvalue weighted by Gasteiger charge is 2.34. The van der Waals surface area contributed by atoms with E-state index in [9.17, 15) is 4.79 Å². The second-order valence-electron chi connectivity index (χ2n) is 2.40. The molecule has 1 aliphatic rings. The lowest BCUT2D eigenvalue weighted by Crippen LogP contribution is -2.22. The monoisotopic (exact) mass is 171 g/mol. The summed E-state index contributed by atoms with van der Waals surface area (Å²) in [4.78, 5) is 11.0. The molecular formula is C7H9NO2S. The van der Waals surface area contributed by atoms with E-state index in [-0.39, 0.29) is 17.8 Å². The highest BCUT2D eigenvalue weighted by Crippen LogP contribution is 2.29. The number of rotatable bonds is 1. The Morgan fingerprint density at radius 1 is 1.73 bits per heavy atom. The number of carbonyl (C=O) groups is 1. The van der Waals surface area contributed by atoms with Gasteiger partial charge in [0.25, 0.3) is 0 Å². The SMILES string of the molecule is COC(=O)C1CSCC1C#N. The van der Waals surface area contributed by atoms with E-state index < -0.39 is 0 Å². The van der Waals surface area contributed by atoms with Gasteiger partial charge in [-0.3, -0.25) is 4.79 Å². The third kappa shape index (κ3) is 1.66. The summed E-state index contributed by atoms with van der Waals surface area (Å²) in [6.07, 6.45) is 0. The van der Waals surface area contributed by atoms with Crippen LogP contribution in [-0.4, -0.2) is 24.6 Å². The van der Waals surface area contributed by atoms with Gasteiger partial charge in [-0.25, -0.2) is 0 Å². The first kappa shape index (κ1) is 8.41. The molecule has 60 valence electrons. The molecule has 0 radical (unpaired) electrons. The molecule has 4 heteroatoms. The number of esters is 1. The second kappa shape index (κ2) is 3.63. The Kier molecular flexibility index (Phi) is 2.77. The number of methoxy groups -OCH3 is 1. The molecule has 0 aliphatic carbocycles. The van der Waals surface area contributed by atoms with Gasteiger partial charge in [0.05, 0.1) is 25.0 Å². The summed E-state index contributed by atoms with van der Waals surface area (Å²) < 4.78 is 4.56. The molecule has 0 spiro atoms. The van der Waals surface area contributed by atoms with E-state index in [0.29, 0.717) is 0 Å². The van der Waals surface area contributed by atoms with Crippen LogP contribution in [0, 0.1) is 23.2 Å². The van der Waals surface area contributed by atoms with Crippen LogP contribution in [-0.2, 0) is 9.53 Å². The molecule has 0 amide bonds. The van der Waals surface area contributed by atoms with Gasteiger partial charge in [0.2, 0.25) is 0 Å². The Morgan fingerprint density at radius 2 is 2.45 bits per heavy atom. The lowest BCUT2D eigenvalue weighted by atomic mass is 9.98. The molecule has 0 saturated carbocycles. The van der Waals surface area contributed by atoms with E-state index in [1.54, 1.807) is 11.8 Å². The molecule has 0 aromatic rings. The molecule has 0 N–H and O–H groups in total. The first-order valence-electron chi connectivity index (χ1n) is 3.34. The lowest BCUT2D eigenvalue weighted by Gasteiger charge is -2.07. The van der Waals surface area contributed by atoms with Gasteiger partial charge in [-0.15, -0.1) is 0 Å². The molecule has 0 bridgehead atoms. The largest absolute Gasteiger partial charge is 0.469 e. The predicted molar refractivity (Wildman–Crippen MR) is 41.9 cm³/mol. The minimum Gasteiger partial charge on any atom is -0.469 e. The molecule has 1 saturated heterocycles. The normalized spacial score (nSPS) is 29.5. The summed E-state index contributed by atoms with van der Waals surface area (Å²) in [6, 6.07) is 2.11. The zero-order valence-electron chi connectivity index (χ0n) is 6.24. The van der Waals surface area contributed by atoms with Crippen LogP contribution < -0.4 is 0 Å². The topological polar surface area (TPSA) is 50.1 Å². The fourth-order valence-electron chi connectivity index (χ4n) is 1.07. The molecule has 0 aromatic carbocycles. The van der Waals surface area contributed by atoms with Crippen LogP contribution >= 0.6 is 11.8 Å². The van der Waals surface area contributed by atoms with E-state index >= 15 is 0 Å². The average molecular weight is 171 g/mol. The fourth-order valence-corrected chi connectivity index (χ4v) is 2.38. The maximum absolute atomic E-state index is 11.0. The zero-order valence-corrected chi connectivity index (χ0v) is 7.06. The van der Waals surface area contributed by atoms with Crippen LogP contribution in [0.25, 0.3) is 0 Å². The Bertz CT molecular complexity index is 199. The van der Waals surface area contributed by atoms with Crippen molar-refractivity contribution in [1.82, 2.24) is 0 Å². The molecule has 2 atom stereocenters. The molecule has 1 fully saturated rings. The van der Waals surface area contributed by atoms with Gasteiger partial charge in [0.15, 0.2) is 0 Å². The Labute approximate surface area is 69.7 Å². The van der Waals surface area contributed by atoms with E-state index in [1.807, 2.05) is 0 Å². The van der Waals surface area contributed by atoms with Crippen LogP contribution in [0.15, 0.2) is 0 Å². The van der Waals surface area contributed by atoms with Crippen LogP contribution in [0.2, 0.25) is 0 Å². The van der Waals surface area contributed by atoms with E-state index in [0.717, 1.165) is 11.5 Å². The third-order valence-electron chi connectivity index (χ3n) is 1.75. The van der Waals surface area contributed by atoms with Crippen molar-refractivity contribution in [3.05, 3.63) is 0 Å². The summed E-state index contributed by atoms with van der Waals surface area (Å²) >= 11 is 1.64. The Morgan fingerprint density at radius 3 is 3.00 bits per heavy atom. The molecule has 1 aliphatic heterocycles. The third-order valence-corrected chi connectivity index (χ3v) is 2.94. The maximum Gasteiger partial charge on any atom is 0.310 e. The van der Waals surface area contributed by atoms with Gasteiger partial charge in [0, 0.05) is 11.5 Å². The fraction of sp³-hybridized carbons (Fsp3) is 0.714. The maximum atomic E-state index is 11.0. The molecule has 1 heterocycles. The van der Waals surface area contributed by atoms with Crippen LogP contribution in [0.5, 0.6) is 0 Å². The number of ether oxygens (including phenoxy) is 1. The van der Waals surface area contributed by atoms with Gasteiger partial charge in [0.1, 0.15) is 0 Å². The minimum atomic E-state index is -0.249. The first-order chi connectivity index (χ1) is 5.29. The van der Waals surface area contributed by atoms with Crippen molar-refractivity contribution in [2.75, 3.05) is 18.6 Å². The summed E-state index contributed by atoms with van der Waals surface area (Å²) in [7, 11) is 1.36. The minimum absolute atomic E-state index is 0.146. The summed E-state index contributed by atoms with van der Waals surface area (Å²) in [5.41, 5.74) is 0. The lowest BCUT2D eigenvalue weighted by molar-refractivity contribution is -0.145. The molecule has 2 unspecified atom stereocenters. The number of carbonyl (C=O) groups excluding carboxylic acids is 1. The molecular weight excluding hydrogens is 162 g/mol. The van der Waals surface area contributed by atoms with Crippen LogP contribution in [0.1, 0.15) is 0 Å². The summed E-state index contributed by atoms with van der Waals surface area (Å²) in [5, 5.41) is 8.61. The van der Waals surface area contributed by atoms with E-state index in [2.05, 4.69) is 10.8 Å². The Hall–Kier alpha value is -0.690. The van der Waals surface area contributed by atoms with Crippen molar-refractivity contribution in [2.24, 2.45) is 11.8 Å². The van der Waals surface area contributed by atoms with Gasteiger partial charge in [-0.1, -0.05) is 0 Å². The highest BCUT2D eigenvalue weighted by atomic mass is 32.2. The van der Waals surface area contributed by atoms with Crippen molar-refractivity contribution in [1.29, 1.82) is 5.26 Å². The molecule has 0 aromatic heterocycles. The van der Waals surface area contributed by atoms with Gasteiger partial charge in [-0.05, 0) is 0 Å². The Balaban J connectivity index is 2.58. The first-order valence-corrected chi connectivity index (χ1v) is 4.50. The number of thioether (sulfide) groups is 1. The average Bonchev–Trinajstić information content (AvgIpc) is 2.50. The summed E-state index contributed by atoms with van der Waals surface area (Å²) in [6.45, 7) is 0. The van der Waals surface area contributed by atoms with Crippen LogP contribution in [0.3, 0.4) is 0 Å². The number of nitriles is 1. The second-order valence-corrected chi connectivity index (χ2v) is 3.48. The zero-order chi connectivity index (χ0) is 8.27. The number of hydrogen-bond acceptors (Lipinski definition) is 4. The standard InChI is InChI=1S/C7H9NO2S/c1-10-7(9)6-4-11-3-5(6)2-8/h5-6H,3-4H2,1H3. The number of nitrogens with zero attached hydrogens (tertiary/aromatic N) is 1. The van der Waals surface area contributed by atoms with Crippen molar-refractivity contribution in [3.63, 3.8) is 0 Å². The predicted octanol–water partition coefficient (Wildman–Crippen LogP) is 0.662. The van der Waals surface area contributed by atoms with E-state index in [1.165, 1.54) is 7.11 Å². The van der Waals surface area contributed by atoms with Crippen molar-refractivity contribution >= 4 is 17.7 Å². The quantitative estimate of drug-likeness (QED) is 0.544. The van der Waals surface area contributed by atoms with Crippen molar-refractivity contribution in [2.45, 2.75) is 0 Å². The molecule has 1 rings (SSSR count). The molecule has 11 heavy (non-hydrogen) atoms. The van der Waals surface area contributed by atoms with Gasteiger partial charge >= 0.3 is 5.97 Å². The number of hydrogen-bond donors (Lipinski definition) is 0. The smallest absolute Gasteiger partial charge is 0.310 e. The van der Waals surface area contributed by atoms with E-state index in [4.69, 9.17) is 5.26 Å². The highest BCUT2D eigenvalue weighted by molar-refractivity contribution is 7.99. The van der Waals surface area contributed by atoms with Crippen molar-refractivity contribution in [3.8, 4) is 6.07 Å². The molecule has 3 nitrogen and oxygen atoms in total. The van der Waals surface area contributed by atoms with Gasteiger partial charge < -0.3 is 4.74 Å². The van der Waals surface area contributed by atoms with Crippen molar-refractivity contribution < 1.29 is 9.53 Å². The summed E-state index contributed by atoms with van der Waals surface area (Å²) in [5.74, 6) is 0.894. The van der Waals surface area contributed by atoms with Crippen LogP contribution in [0.4, 0.5) is 0 Å².